The van der Waals surface area contributed by atoms with Gasteiger partial charge in [0.15, 0.2) is 0 Å². The summed E-state index contributed by atoms with van der Waals surface area (Å²) < 4.78 is 4.84. The number of H-pyrrole nitrogens is 1. The first-order chi connectivity index (χ1) is 16.3. The first-order valence-electron chi connectivity index (χ1n) is 11.2. The van der Waals surface area contributed by atoms with Crippen molar-refractivity contribution in [2.24, 2.45) is 11.8 Å². The van der Waals surface area contributed by atoms with Crippen molar-refractivity contribution in [3.63, 3.8) is 0 Å². The van der Waals surface area contributed by atoms with Gasteiger partial charge < -0.3 is 25.7 Å². The molecule has 2 fully saturated rings. The predicted octanol–water partition coefficient (Wildman–Crippen LogP) is 2.56. The number of benzene rings is 1. The molecule has 1 aliphatic carbocycles. The quantitative estimate of drug-likeness (QED) is 0.386. The molecule has 1 aromatic carbocycles. The van der Waals surface area contributed by atoms with E-state index in [9.17, 15) is 19.2 Å². The minimum absolute atomic E-state index is 0.132. The monoisotopic (exact) mass is 508 g/mol. The summed E-state index contributed by atoms with van der Waals surface area (Å²) in [4.78, 5) is 53.4. The fourth-order valence-electron chi connectivity index (χ4n) is 4.21. The lowest BCUT2D eigenvalue weighted by Gasteiger charge is -2.23. The smallest absolute Gasteiger partial charge is 0.328 e. The van der Waals surface area contributed by atoms with Crippen molar-refractivity contribution in [1.29, 1.82) is 0 Å². The molecule has 2 aromatic rings. The number of carbonyl (C=O) groups is 4. The Morgan fingerprint density at radius 2 is 1.82 bits per heavy atom. The molecule has 4 N–H and O–H groups in total. The average molecular weight is 509 g/mol. The lowest BCUT2D eigenvalue weighted by atomic mass is 9.97. The van der Waals surface area contributed by atoms with Crippen molar-refractivity contribution < 1.29 is 23.9 Å². The summed E-state index contributed by atoms with van der Waals surface area (Å²) >= 11 is 12.4. The molecule has 34 heavy (non-hydrogen) atoms. The molecular weight excluding hydrogens is 483 g/mol. The number of esters is 1. The highest BCUT2D eigenvalue weighted by molar-refractivity contribution is 6.40. The van der Waals surface area contributed by atoms with E-state index in [-0.39, 0.29) is 23.9 Å². The predicted molar refractivity (Wildman–Crippen MR) is 127 cm³/mol. The summed E-state index contributed by atoms with van der Waals surface area (Å²) in [5.41, 5.74) is 0.744. The van der Waals surface area contributed by atoms with E-state index in [0.717, 1.165) is 12.8 Å². The number of nitrogens with one attached hydrogen (secondary N) is 4. The van der Waals surface area contributed by atoms with Gasteiger partial charge >= 0.3 is 5.97 Å². The minimum atomic E-state index is -0.990. The Balaban J connectivity index is 1.49. The third-order valence-corrected chi connectivity index (χ3v) is 6.95. The molecule has 1 aliphatic heterocycles. The fourth-order valence-corrected chi connectivity index (χ4v) is 4.63. The minimum Gasteiger partial charge on any atom is -0.467 e. The Labute approximate surface area is 206 Å². The molecule has 3 amide bonds. The van der Waals surface area contributed by atoms with Gasteiger partial charge in [-0.1, -0.05) is 36.0 Å². The van der Waals surface area contributed by atoms with Crippen LogP contribution in [0.3, 0.4) is 0 Å². The van der Waals surface area contributed by atoms with Crippen LogP contribution in [0.2, 0.25) is 10.0 Å². The van der Waals surface area contributed by atoms with Gasteiger partial charge in [-0.25, -0.2) is 4.79 Å². The lowest BCUT2D eigenvalue weighted by Crippen LogP contribution is -2.52. The summed E-state index contributed by atoms with van der Waals surface area (Å²) in [5.74, 6) is -1.84. The number of amides is 3. The van der Waals surface area contributed by atoms with Crippen LogP contribution in [0.1, 0.15) is 42.6 Å². The van der Waals surface area contributed by atoms with Gasteiger partial charge in [0.2, 0.25) is 11.8 Å². The maximum Gasteiger partial charge on any atom is 0.328 e. The van der Waals surface area contributed by atoms with Gasteiger partial charge in [-0.05, 0) is 43.4 Å². The molecule has 2 aliphatic rings. The zero-order valence-electron chi connectivity index (χ0n) is 18.6. The van der Waals surface area contributed by atoms with Gasteiger partial charge in [0.1, 0.15) is 17.8 Å². The van der Waals surface area contributed by atoms with Crippen LogP contribution in [0.4, 0.5) is 0 Å². The SMILES string of the molecule is COC(=O)[C@H](C[C@@H]1CCNC1=O)NC(=O)[C@H](CC1CC1)NC(=O)c1cc2c(Cl)ccc(Cl)c2[nH]1. The average Bonchev–Trinajstić information content (AvgIpc) is 3.35. The Morgan fingerprint density at radius 3 is 2.44 bits per heavy atom. The molecule has 0 radical (unpaired) electrons. The second kappa shape index (κ2) is 10.2. The van der Waals surface area contributed by atoms with Crippen LogP contribution in [0, 0.1) is 11.8 Å². The number of carbonyl (C=O) groups excluding carboxylic acids is 4. The molecule has 2 heterocycles. The molecule has 0 spiro atoms. The molecule has 1 saturated heterocycles. The fraction of sp³-hybridized carbons (Fsp3) is 0.478. The molecule has 4 rings (SSSR count). The van der Waals surface area contributed by atoms with Gasteiger partial charge in [-0.2, -0.15) is 0 Å². The van der Waals surface area contributed by atoms with Gasteiger partial charge in [0, 0.05) is 17.8 Å². The van der Waals surface area contributed by atoms with E-state index in [1.54, 1.807) is 18.2 Å². The van der Waals surface area contributed by atoms with E-state index in [0.29, 0.717) is 46.3 Å². The highest BCUT2D eigenvalue weighted by Crippen LogP contribution is 2.34. The number of fused-ring (bicyclic) bond motifs is 1. The molecule has 1 saturated carbocycles. The Bertz CT molecular complexity index is 1090. The maximum atomic E-state index is 13.2. The number of hydrogen-bond acceptors (Lipinski definition) is 5. The molecular formula is C23H26Cl2N4O5. The van der Waals surface area contributed by atoms with Gasteiger partial charge in [-0.3, -0.25) is 14.4 Å². The van der Waals surface area contributed by atoms with Crippen molar-refractivity contribution in [3.05, 3.63) is 33.9 Å². The molecule has 3 atom stereocenters. The van der Waals surface area contributed by atoms with Crippen molar-refractivity contribution in [1.82, 2.24) is 20.9 Å². The Kier molecular flexibility index (Phi) is 7.33. The van der Waals surface area contributed by atoms with E-state index in [2.05, 4.69) is 20.9 Å². The van der Waals surface area contributed by atoms with Crippen LogP contribution in [-0.2, 0) is 19.1 Å². The second-order valence-electron chi connectivity index (χ2n) is 8.80. The highest BCUT2D eigenvalue weighted by atomic mass is 35.5. The molecule has 0 bridgehead atoms. The maximum absolute atomic E-state index is 13.2. The van der Waals surface area contributed by atoms with Crippen LogP contribution in [0.5, 0.6) is 0 Å². The van der Waals surface area contributed by atoms with Crippen molar-refractivity contribution in [3.8, 4) is 0 Å². The molecule has 9 nitrogen and oxygen atoms in total. The number of hydrogen-bond donors (Lipinski definition) is 4. The van der Waals surface area contributed by atoms with Gasteiger partial charge in [0.05, 0.1) is 22.7 Å². The number of aromatic nitrogens is 1. The van der Waals surface area contributed by atoms with E-state index < -0.39 is 29.9 Å². The summed E-state index contributed by atoms with van der Waals surface area (Å²) in [6.45, 7) is 0.532. The van der Waals surface area contributed by atoms with Crippen molar-refractivity contribution in [2.75, 3.05) is 13.7 Å². The van der Waals surface area contributed by atoms with Crippen LogP contribution in [-0.4, -0.2) is 54.4 Å². The summed E-state index contributed by atoms with van der Waals surface area (Å²) in [5, 5.41) is 9.64. The van der Waals surface area contributed by atoms with Gasteiger partial charge in [0.25, 0.3) is 5.91 Å². The standard InChI is InChI=1S/C23H26Cl2N4O5/c1-34-23(33)18(9-12-6-7-26-20(12)30)29-21(31)16(8-11-2-3-11)28-22(32)17-10-13-14(24)4-5-15(25)19(13)27-17/h4-5,10-12,16,18,27H,2-3,6-9H2,1H3,(H,26,30)(H,28,32)(H,29,31)/t12-,16-,18-/m0/s1. The number of ether oxygens (including phenoxy) is 1. The van der Waals surface area contributed by atoms with Crippen LogP contribution in [0.25, 0.3) is 10.9 Å². The molecule has 182 valence electrons. The number of halogens is 2. The summed E-state index contributed by atoms with van der Waals surface area (Å²) in [6.07, 6.45) is 3.10. The topological polar surface area (TPSA) is 129 Å². The zero-order chi connectivity index (χ0) is 24.4. The normalized spacial score (nSPS) is 19.4. The summed E-state index contributed by atoms with van der Waals surface area (Å²) in [7, 11) is 1.23. The van der Waals surface area contributed by atoms with E-state index in [1.807, 2.05) is 0 Å². The van der Waals surface area contributed by atoms with E-state index >= 15 is 0 Å². The van der Waals surface area contributed by atoms with E-state index in [1.165, 1.54) is 7.11 Å². The zero-order valence-corrected chi connectivity index (χ0v) is 20.1. The third-order valence-electron chi connectivity index (χ3n) is 6.31. The van der Waals surface area contributed by atoms with Crippen molar-refractivity contribution in [2.45, 2.75) is 44.2 Å². The van der Waals surface area contributed by atoms with Crippen LogP contribution >= 0.6 is 23.2 Å². The Hall–Kier alpha value is -2.78. The van der Waals surface area contributed by atoms with E-state index in [4.69, 9.17) is 27.9 Å². The second-order valence-corrected chi connectivity index (χ2v) is 9.62. The van der Waals surface area contributed by atoms with Crippen molar-refractivity contribution >= 4 is 57.8 Å². The summed E-state index contributed by atoms with van der Waals surface area (Å²) in [6, 6.07) is 3.01. The molecule has 11 heteroatoms. The number of aromatic amines is 1. The first-order valence-corrected chi connectivity index (χ1v) is 12.0. The first kappa shape index (κ1) is 24.3. The largest absolute Gasteiger partial charge is 0.467 e. The lowest BCUT2D eigenvalue weighted by molar-refractivity contribution is -0.146. The van der Waals surface area contributed by atoms with Gasteiger partial charge in [-0.15, -0.1) is 0 Å². The Morgan fingerprint density at radius 1 is 1.09 bits per heavy atom. The molecule has 0 unspecified atom stereocenters. The number of methoxy groups -OCH3 is 1. The van der Waals surface area contributed by atoms with Crippen LogP contribution < -0.4 is 16.0 Å². The third kappa shape index (κ3) is 5.47. The highest BCUT2D eigenvalue weighted by Gasteiger charge is 2.36. The van der Waals surface area contributed by atoms with Crippen LogP contribution in [0.15, 0.2) is 18.2 Å². The number of rotatable bonds is 9. The molecule has 1 aromatic heterocycles.